The van der Waals surface area contributed by atoms with Crippen LogP contribution in [0, 0.1) is 0 Å². The summed E-state index contributed by atoms with van der Waals surface area (Å²) < 4.78 is 5.49. The highest BCUT2D eigenvalue weighted by atomic mass is 35.5. The summed E-state index contributed by atoms with van der Waals surface area (Å²) in [5.41, 5.74) is 0.723. The highest BCUT2D eigenvalue weighted by Gasteiger charge is 2.33. The molecule has 3 N–H and O–H groups in total. The number of benzene rings is 1. The van der Waals surface area contributed by atoms with E-state index < -0.39 is 0 Å². The number of carbonyl (C=O) groups is 1. The zero-order valence-electron chi connectivity index (χ0n) is 14.1. The van der Waals surface area contributed by atoms with Crippen LogP contribution in [0.3, 0.4) is 0 Å². The zero-order chi connectivity index (χ0) is 17.6. The largest absolute Gasteiger partial charge is 0.370 e. The van der Waals surface area contributed by atoms with Crippen molar-refractivity contribution in [3.05, 3.63) is 51.7 Å². The number of urea groups is 1. The number of morpholine rings is 1. The second-order valence-corrected chi connectivity index (χ2v) is 7.57. The van der Waals surface area contributed by atoms with Crippen LogP contribution >= 0.6 is 22.9 Å². The van der Waals surface area contributed by atoms with Crippen LogP contribution < -0.4 is 15.5 Å². The Hall–Kier alpha value is -1.60. The predicted molar refractivity (Wildman–Crippen MR) is 102 cm³/mol. The SMILES string of the molecule is C[C@@H](NC(=O)Nc1ccc(Cl)cc1)[C@H](c1cccs1)[NH+]1CCOCC1. The van der Waals surface area contributed by atoms with Crippen molar-refractivity contribution in [2.75, 3.05) is 31.6 Å². The first-order valence-corrected chi connectivity index (χ1v) is 9.68. The Morgan fingerprint density at radius 2 is 1.96 bits per heavy atom. The standard InChI is InChI=1S/C18H22ClN3O2S/c1-13(20-18(23)21-15-6-4-14(19)5-7-15)17(16-3-2-12-25-16)22-8-10-24-11-9-22/h2-7,12-13,17H,8-11H2,1H3,(H2,20,21,23)/p+1/t13-,17-/m1/s1. The maximum absolute atomic E-state index is 12.4. The van der Waals surface area contributed by atoms with Gasteiger partial charge < -0.3 is 20.3 Å². The van der Waals surface area contributed by atoms with Gasteiger partial charge in [0.05, 0.1) is 24.1 Å². The van der Waals surface area contributed by atoms with Gasteiger partial charge in [0.25, 0.3) is 0 Å². The van der Waals surface area contributed by atoms with E-state index in [1.807, 2.05) is 0 Å². The number of quaternary nitrogens is 1. The highest BCUT2D eigenvalue weighted by Crippen LogP contribution is 2.20. The van der Waals surface area contributed by atoms with Crippen LogP contribution in [-0.4, -0.2) is 38.4 Å². The normalized spacial score (nSPS) is 17.7. The molecule has 134 valence electrons. The molecule has 0 unspecified atom stereocenters. The van der Waals surface area contributed by atoms with E-state index in [0.717, 1.165) is 32.0 Å². The summed E-state index contributed by atoms with van der Waals surface area (Å²) in [7, 11) is 0. The summed E-state index contributed by atoms with van der Waals surface area (Å²) in [6.07, 6.45) is 0. The van der Waals surface area contributed by atoms with E-state index in [9.17, 15) is 4.79 Å². The molecule has 2 heterocycles. The monoisotopic (exact) mass is 380 g/mol. The molecule has 25 heavy (non-hydrogen) atoms. The Kier molecular flexibility index (Phi) is 6.31. The maximum Gasteiger partial charge on any atom is 0.319 e. The Labute approximate surface area is 156 Å². The lowest BCUT2D eigenvalue weighted by Crippen LogP contribution is -3.15. The Balaban J connectivity index is 1.66. The molecule has 0 saturated carbocycles. The molecule has 5 nitrogen and oxygen atoms in total. The molecular weight excluding hydrogens is 358 g/mol. The van der Waals surface area contributed by atoms with Crippen LogP contribution in [0.15, 0.2) is 41.8 Å². The number of rotatable bonds is 5. The van der Waals surface area contributed by atoms with Crippen molar-refractivity contribution in [2.45, 2.75) is 19.0 Å². The van der Waals surface area contributed by atoms with Crippen molar-refractivity contribution in [2.24, 2.45) is 0 Å². The fourth-order valence-electron chi connectivity index (χ4n) is 3.20. The second-order valence-electron chi connectivity index (χ2n) is 6.16. The van der Waals surface area contributed by atoms with Gasteiger partial charge in [0.1, 0.15) is 19.1 Å². The fourth-order valence-corrected chi connectivity index (χ4v) is 4.32. The first-order chi connectivity index (χ1) is 12.1. The van der Waals surface area contributed by atoms with Gasteiger partial charge in [0, 0.05) is 10.7 Å². The van der Waals surface area contributed by atoms with E-state index in [1.165, 1.54) is 9.78 Å². The highest BCUT2D eigenvalue weighted by molar-refractivity contribution is 7.10. The molecule has 0 bridgehead atoms. The van der Waals surface area contributed by atoms with Crippen LogP contribution in [0.4, 0.5) is 10.5 Å². The Morgan fingerprint density at radius 3 is 2.60 bits per heavy atom. The quantitative estimate of drug-likeness (QED) is 0.746. The number of hydrogen-bond acceptors (Lipinski definition) is 3. The van der Waals surface area contributed by atoms with Crippen molar-refractivity contribution < 1.29 is 14.4 Å². The van der Waals surface area contributed by atoms with E-state index in [4.69, 9.17) is 16.3 Å². The molecule has 1 aliphatic rings. The number of nitrogens with one attached hydrogen (secondary N) is 3. The molecule has 1 aromatic carbocycles. The third-order valence-corrected chi connectivity index (χ3v) is 5.59. The number of anilines is 1. The van der Waals surface area contributed by atoms with Gasteiger partial charge in [-0.3, -0.25) is 0 Å². The molecule has 2 aromatic rings. The molecule has 0 spiro atoms. The van der Waals surface area contributed by atoms with E-state index in [2.05, 4.69) is 35.1 Å². The van der Waals surface area contributed by atoms with Crippen molar-refractivity contribution >= 4 is 34.7 Å². The van der Waals surface area contributed by atoms with Gasteiger partial charge in [0.2, 0.25) is 0 Å². The van der Waals surface area contributed by atoms with Crippen LogP contribution in [-0.2, 0) is 4.74 Å². The lowest BCUT2D eigenvalue weighted by Gasteiger charge is -2.34. The van der Waals surface area contributed by atoms with Crippen molar-refractivity contribution in [1.29, 1.82) is 0 Å². The Morgan fingerprint density at radius 1 is 1.24 bits per heavy atom. The molecule has 1 aromatic heterocycles. The summed E-state index contributed by atoms with van der Waals surface area (Å²) in [5.74, 6) is 0. The Bertz CT molecular complexity index is 672. The molecule has 3 rings (SSSR count). The van der Waals surface area contributed by atoms with Crippen LogP contribution in [0.25, 0.3) is 0 Å². The van der Waals surface area contributed by atoms with Gasteiger partial charge in [-0.25, -0.2) is 4.79 Å². The lowest BCUT2D eigenvalue weighted by molar-refractivity contribution is -0.939. The minimum Gasteiger partial charge on any atom is -0.370 e. The number of amides is 2. The average molecular weight is 381 g/mol. The fraction of sp³-hybridized carbons (Fsp3) is 0.389. The summed E-state index contributed by atoms with van der Waals surface area (Å²) in [6, 6.07) is 11.3. The van der Waals surface area contributed by atoms with E-state index in [1.54, 1.807) is 35.6 Å². The topological polar surface area (TPSA) is 54.8 Å². The van der Waals surface area contributed by atoms with Gasteiger partial charge >= 0.3 is 6.03 Å². The van der Waals surface area contributed by atoms with Gasteiger partial charge in [-0.15, -0.1) is 11.3 Å². The molecule has 0 radical (unpaired) electrons. The lowest BCUT2D eigenvalue weighted by atomic mass is 10.1. The van der Waals surface area contributed by atoms with Crippen molar-refractivity contribution in [3.8, 4) is 0 Å². The number of thiophene rings is 1. The zero-order valence-corrected chi connectivity index (χ0v) is 15.7. The maximum atomic E-state index is 12.4. The molecule has 2 atom stereocenters. The number of ether oxygens (including phenoxy) is 1. The smallest absolute Gasteiger partial charge is 0.319 e. The number of halogens is 1. The van der Waals surface area contributed by atoms with Crippen molar-refractivity contribution in [1.82, 2.24) is 5.32 Å². The number of carbonyl (C=O) groups excluding carboxylic acids is 1. The summed E-state index contributed by atoms with van der Waals surface area (Å²) in [4.78, 5) is 15.1. The molecule has 0 aliphatic carbocycles. The van der Waals surface area contributed by atoms with E-state index >= 15 is 0 Å². The molecule has 1 saturated heterocycles. The minimum absolute atomic E-state index is 0.000879. The van der Waals surface area contributed by atoms with Crippen LogP contribution in [0.1, 0.15) is 17.8 Å². The van der Waals surface area contributed by atoms with Crippen LogP contribution in [0.5, 0.6) is 0 Å². The third kappa shape index (κ3) is 4.95. The molecule has 1 fully saturated rings. The summed E-state index contributed by atoms with van der Waals surface area (Å²) in [6.45, 7) is 5.50. The average Bonchev–Trinajstić information content (AvgIpc) is 3.12. The molecule has 2 amide bonds. The second kappa shape index (κ2) is 8.67. The van der Waals surface area contributed by atoms with Crippen LogP contribution in [0.2, 0.25) is 5.02 Å². The van der Waals surface area contributed by atoms with Gasteiger partial charge in [0.15, 0.2) is 0 Å². The summed E-state index contributed by atoms with van der Waals surface area (Å²) in [5, 5.41) is 8.69. The first-order valence-electron chi connectivity index (χ1n) is 8.42. The van der Waals surface area contributed by atoms with Gasteiger partial charge in [-0.05, 0) is 42.6 Å². The van der Waals surface area contributed by atoms with E-state index in [0.29, 0.717) is 5.02 Å². The van der Waals surface area contributed by atoms with E-state index in [-0.39, 0.29) is 18.1 Å². The molecule has 1 aliphatic heterocycles. The van der Waals surface area contributed by atoms with Gasteiger partial charge in [-0.2, -0.15) is 0 Å². The third-order valence-electron chi connectivity index (χ3n) is 4.39. The molecular formula is C18H23ClN3O2S+. The van der Waals surface area contributed by atoms with Crippen molar-refractivity contribution in [3.63, 3.8) is 0 Å². The minimum atomic E-state index is -0.205. The summed E-state index contributed by atoms with van der Waals surface area (Å²) >= 11 is 7.61. The number of hydrogen-bond donors (Lipinski definition) is 3. The van der Waals surface area contributed by atoms with Gasteiger partial charge in [-0.1, -0.05) is 17.7 Å². The first kappa shape index (κ1) is 18.2. The predicted octanol–water partition coefficient (Wildman–Crippen LogP) is 2.57. The molecule has 7 heteroatoms.